The van der Waals surface area contributed by atoms with Gasteiger partial charge in [-0.25, -0.2) is 4.21 Å². The molecule has 0 aromatic carbocycles. The van der Waals surface area contributed by atoms with E-state index in [1.54, 1.807) is 0 Å². The second-order valence-corrected chi connectivity index (χ2v) is 4.47. The minimum Gasteiger partial charge on any atom is -0.320 e. The van der Waals surface area contributed by atoms with Crippen molar-refractivity contribution in [2.24, 2.45) is 5.73 Å². The van der Waals surface area contributed by atoms with Crippen LogP contribution in [0.3, 0.4) is 0 Å². The van der Waals surface area contributed by atoms with Gasteiger partial charge in [-0.1, -0.05) is 0 Å². The molecule has 0 saturated heterocycles. The second-order valence-electron chi connectivity index (χ2n) is 2.26. The minimum absolute atomic E-state index is 0.442. The molecule has 0 spiro atoms. The van der Waals surface area contributed by atoms with Gasteiger partial charge < -0.3 is 5.73 Å². The molecule has 0 aliphatic carbocycles. The Balaban J connectivity index is 4.07. The van der Waals surface area contributed by atoms with Crippen molar-refractivity contribution >= 4 is 21.5 Å². The fourth-order valence-corrected chi connectivity index (χ4v) is 0.917. The highest BCUT2D eigenvalue weighted by Gasteiger charge is 2.08. The Morgan fingerprint density at radius 1 is 1.80 bits per heavy atom. The first-order chi connectivity index (χ1) is 4.33. The molecule has 3 N–H and O–H groups in total. The molecule has 10 heavy (non-hydrogen) atoms. The van der Waals surface area contributed by atoms with Gasteiger partial charge in [-0.15, -0.1) is 0 Å². The number of carbonyl (C=O) groups excluding carboxylic acids is 1. The molecular weight excluding hydrogens is 152 g/mol. The third-order valence-corrected chi connectivity index (χ3v) is 1.36. The molecule has 0 saturated carbocycles. The van der Waals surface area contributed by atoms with Gasteiger partial charge in [0.15, 0.2) is 0 Å². The molecule has 2 unspecified atom stereocenters. The standard InChI is InChI=1S/C5H12N2O2S/c1-4(6)5(8)7-10(2,3)9/h4H,2,6H2,1,3H3,(H,7,8,9). The fraction of sp³-hybridized carbons (Fsp3) is 0.600. The summed E-state index contributed by atoms with van der Waals surface area (Å²) in [5.74, 6) is 2.79. The number of carbonyl (C=O) groups is 1. The maximum Gasteiger partial charge on any atom is 0.247 e. The summed E-state index contributed by atoms with van der Waals surface area (Å²) in [6.45, 7) is 1.51. The zero-order valence-corrected chi connectivity index (χ0v) is 6.90. The van der Waals surface area contributed by atoms with Crippen molar-refractivity contribution in [1.29, 1.82) is 0 Å². The van der Waals surface area contributed by atoms with Crippen LogP contribution in [0.4, 0.5) is 0 Å². The molecule has 0 heterocycles. The second kappa shape index (κ2) is 3.03. The van der Waals surface area contributed by atoms with E-state index in [1.165, 1.54) is 13.2 Å². The van der Waals surface area contributed by atoms with E-state index in [0.717, 1.165) is 0 Å². The highest BCUT2D eigenvalue weighted by atomic mass is 32.2. The average molecular weight is 164 g/mol. The van der Waals surface area contributed by atoms with E-state index >= 15 is 0 Å². The summed E-state index contributed by atoms with van der Waals surface area (Å²) >= 11 is 0. The molecule has 0 fully saturated rings. The van der Waals surface area contributed by atoms with Gasteiger partial charge in [0.2, 0.25) is 5.91 Å². The largest absolute Gasteiger partial charge is 0.320 e. The average Bonchev–Trinajstić information content (AvgIpc) is 1.60. The Kier molecular flexibility index (Phi) is 2.86. The summed E-state index contributed by atoms with van der Waals surface area (Å²) in [5.41, 5.74) is 5.18. The van der Waals surface area contributed by atoms with Gasteiger partial charge in [-0.3, -0.25) is 9.52 Å². The Labute approximate surface area is 60.9 Å². The van der Waals surface area contributed by atoms with Crippen LogP contribution in [0.1, 0.15) is 6.92 Å². The van der Waals surface area contributed by atoms with Crippen LogP contribution in [0, 0.1) is 0 Å². The topological polar surface area (TPSA) is 72.2 Å². The first-order valence-corrected chi connectivity index (χ1v) is 4.86. The van der Waals surface area contributed by atoms with E-state index in [9.17, 15) is 9.00 Å². The van der Waals surface area contributed by atoms with Gasteiger partial charge in [0.05, 0.1) is 6.04 Å². The van der Waals surface area contributed by atoms with E-state index in [-0.39, 0.29) is 0 Å². The predicted molar refractivity (Wildman–Crippen MR) is 43.0 cm³/mol. The van der Waals surface area contributed by atoms with Crippen molar-refractivity contribution in [1.82, 2.24) is 4.72 Å². The Morgan fingerprint density at radius 2 is 2.20 bits per heavy atom. The molecule has 0 aromatic rings. The van der Waals surface area contributed by atoms with Crippen LogP contribution in [0.25, 0.3) is 0 Å². The van der Waals surface area contributed by atoms with E-state index in [4.69, 9.17) is 5.73 Å². The lowest BCUT2D eigenvalue weighted by molar-refractivity contribution is -0.120. The molecule has 60 valence electrons. The van der Waals surface area contributed by atoms with Crippen LogP contribution in [-0.2, 0) is 14.5 Å². The summed E-state index contributed by atoms with van der Waals surface area (Å²) in [6, 6.07) is -0.637. The molecule has 0 aliphatic heterocycles. The summed E-state index contributed by atoms with van der Waals surface area (Å²) in [4.78, 5) is 10.7. The lowest BCUT2D eigenvalue weighted by atomic mass is 10.4. The first-order valence-electron chi connectivity index (χ1n) is 2.72. The smallest absolute Gasteiger partial charge is 0.247 e. The third-order valence-electron chi connectivity index (χ3n) is 0.730. The van der Waals surface area contributed by atoms with Crippen molar-refractivity contribution in [2.75, 3.05) is 6.26 Å². The number of rotatable bonds is 2. The van der Waals surface area contributed by atoms with Crippen LogP contribution in [0.5, 0.6) is 0 Å². The van der Waals surface area contributed by atoms with E-state index in [2.05, 4.69) is 10.6 Å². The van der Waals surface area contributed by atoms with Crippen molar-refractivity contribution in [3.63, 3.8) is 0 Å². The summed E-state index contributed by atoms with van der Waals surface area (Å²) in [7, 11) is -2.45. The van der Waals surface area contributed by atoms with Crippen LogP contribution in [0.15, 0.2) is 0 Å². The molecule has 0 rings (SSSR count). The lowest BCUT2D eigenvalue weighted by Crippen LogP contribution is -2.40. The number of nitrogens with two attached hydrogens (primary N) is 1. The summed E-state index contributed by atoms with van der Waals surface area (Å²) in [5, 5.41) is 0. The number of hydrogen-bond acceptors (Lipinski definition) is 3. The number of hydrogen-bond donors (Lipinski definition) is 2. The predicted octanol–water partition coefficient (Wildman–Crippen LogP) is -1.29. The first kappa shape index (κ1) is 9.45. The van der Waals surface area contributed by atoms with Crippen LogP contribution in [-0.4, -0.2) is 28.3 Å². The van der Waals surface area contributed by atoms with Crippen molar-refractivity contribution in [2.45, 2.75) is 13.0 Å². The normalized spacial score (nSPS) is 19.1. The molecule has 5 heteroatoms. The Morgan fingerprint density at radius 3 is 2.30 bits per heavy atom. The van der Waals surface area contributed by atoms with Crippen molar-refractivity contribution in [3.8, 4) is 0 Å². The van der Waals surface area contributed by atoms with Crippen LogP contribution in [0.2, 0.25) is 0 Å². The molecule has 0 aromatic heterocycles. The molecule has 0 aliphatic rings. The monoisotopic (exact) mass is 164 g/mol. The third kappa shape index (κ3) is 4.34. The van der Waals surface area contributed by atoms with E-state index in [0.29, 0.717) is 0 Å². The Hall–Kier alpha value is -0.550. The van der Waals surface area contributed by atoms with E-state index < -0.39 is 21.7 Å². The summed E-state index contributed by atoms with van der Waals surface area (Å²) < 4.78 is 13.0. The Bertz CT molecular complexity index is 218. The number of amides is 1. The molecule has 4 nitrogen and oxygen atoms in total. The molecular formula is C5H12N2O2S. The summed E-state index contributed by atoms with van der Waals surface area (Å²) in [6.07, 6.45) is 1.34. The van der Waals surface area contributed by atoms with Gasteiger partial charge in [-0.05, 0) is 12.8 Å². The quantitative estimate of drug-likeness (QED) is 0.499. The SMILES string of the molecule is C=S(C)(=O)NC(=O)C(C)N. The van der Waals surface area contributed by atoms with Crippen molar-refractivity contribution in [3.05, 3.63) is 0 Å². The van der Waals surface area contributed by atoms with Crippen LogP contribution < -0.4 is 10.5 Å². The maximum absolute atomic E-state index is 10.8. The molecule has 0 radical (unpaired) electrons. The molecule has 2 atom stereocenters. The zero-order valence-electron chi connectivity index (χ0n) is 6.09. The van der Waals surface area contributed by atoms with Gasteiger partial charge in [0, 0.05) is 16.0 Å². The highest BCUT2D eigenvalue weighted by molar-refractivity contribution is 7.98. The van der Waals surface area contributed by atoms with Gasteiger partial charge in [-0.2, -0.15) is 0 Å². The highest BCUT2D eigenvalue weighted by Crippen LogP contribution is 1.78. The lowest BCUT2D eigenvalue weighted by Gasteiger charge is -2.07. The van der Waals surface area contributed by atoms with Crippen LogP contribution >= 0.6 is 0 Å². The van der Waals surface area contributed by atoms with E-state index in [1.807, 2.05) is 0 Å². The van der Waals surface area contributed by atoms with Gasteiger partial charge >= 0.3 is 0 Å². The number of nitrogens with one attached hydrogen (secondary N) is 1. The molecule has 1 amide bonds. The van der Waals surface area contributed by atoms with Gasteiger partial charge in [0.25, 0.3) is 0 Å². The van der Waals surface area contributed by atoms with Crippen molar-refractivity contribution < 1.29 is 9.00 Å². The van der Waals surface area contributed by atoms with Gasteiger partial charge in [0.1, 0.15) is 0 Å². The fourth-order valence-electron chi connectivity index (χ4n) is 0.306. The zero-order chi connectivity index (χ0) is 8.36. The maximum atomic E-state index is 10.8. The molecule has 0 bridgehead atoms. The minimum atomic E-state index is -2.45.